The van der Waals surface area contributed by atoms with E-state index in [0.717, 1.165) is 17.2 Å². The molecule has 1 aromatic carbocycles. The molecule has 2 aliphatic rings. The van der Waals surface area contributed by atoms with Crippen LogP contribution in [0.15, 0.2) is 24.3 Å². The zero-order chi connectivity index (χ0) is 13.9. The molecule has 108 valence electrons. The summed E-state index contributed by atoms with van der Waals surface area (Å²) in [6.45, 7) is 0. The molecule has 3 atom stereocenters. The van der Waals surface area contributed by atoms with E-state index in [1.807, 2.05) is 23.9 Å². The average molecular weight is 311 g/mol. The molecule has 2 fully saturated rings. The fraction of sp³-hybridized carbons (Fsp3) is 0.533. The molecule has 0 spiro atoms. The SMILES string of the molecule is O=C1N[C@H]2[C@H](CS[C@H]2CCCCc2ccc(Cl)cc2)N1. The van der Waals surface area contributed by atoms with Gasteiger partial charge < -0.3 is 10.6 Å². The third kappa shape index (κ3) is 3.23. The van der Waals surface area contributed by atoms with E-state index in [9.17, 15) is 4.79 Å². The Hall–Kier alpha value is -0.870. The van der Waals surface area contributed by atoms with E-state index in [1.165, 1.54) is 24.8 Å². The van der Waals surface area contributed by atoms with Crippen molar-refractivity contribution >= 4 is 29.4 Å². The molecule has 0 bridgehead atoms. The van der Waals surface area contributed by atoms with E-state index in [0.29, 0.717) is 17.3 Å². The van der Waals surface area contributed by atoms with Gasteiger partial charge in [-0.3, -0.25) is 0 Å². The van der Waals surface area contributed by atoms with Gasteiger partial charge in [0.25, 0.3) is 0 Å². The minimum absolute atomic E-state index is 0.00599. The summed E-state index contributed by atoms with van der Waals surface area (Å²) in [5, 5.41) is 7.40. The van der Waals surface area contributed by atoms with E-state index in [1.54, 1.807) is 0 Å². The maximum atomic E-state index is 11.3. The molecule has 2 N–H and O–H groups in total. The summed E-state index contributed by atoms with van der Waals surface area (Å²) < 4.78 is 0. The average Bonchev–Trinajstić information content (AvgIpc) is 2.97. The van der Waals surface area contributed by atoms with Crippen molar-refractivity contribution in [1.29, 1.82) is 0 Å². The van der Waals surface area contributed by atoms with Crippen molar-refractivity contribution in [3.8, 4) is 0 Å². The smallest absolute Gasteiger partial charge is 0.315 e. The van der Waals surface area contributed by atoms with Gasteiger partial charge in [-0.05, 0) is 37.0 Å². The molecule has 0 radical (unpaired) electrons. The Labute approximate surface area is 128 Å². The van der Waals surface area contributed by atoms with Gasteiger partial charge in [0.1, 0.15) is 0 Å². The first kappa shape index (κ1) is 14.1. The third-order valence-electron chi connectivity index (χ3n) is 4.06. The first-order chi connectivity index (χ1) is 9.72. The largest absolute Gasteiger partial charge is 0.332 e. The van der Waals surface area contributed by atoms with Crippen LogP contribution < -0.4 is 10.6 Å². The van der Waals surface area contributed by atoms with E-state index < -0.39 is 0 Å². The summed E-state index contributed by atoms with van der Waals surface area (Å²) in [5.74, 6) is 1.05. The maximum absolute atomic E-state index is 11.3. The number of hydrogen-bond donors (Lipinski definition) is 2. The van der Waals surface area contributed by atoms with Gasteiger partial charge in [0.15, 0.2) is 0 Å². The molecule has 2 saturated heterocycles. The Morgan fingerprint density at radius 1 is 1.20 bits per heavy atom. The number of hydrogen-bond acceptors (Lipinski definition) is 2. The first-order valence-corrected chi connectivity index (χ1v) is 8.58. The van der Waals surface area contributed by atoms with Crippen molar-refractivity contribution in [2.24, 2.45) is 0 Å². The summed E-state index contributed by atoms with van der Waals surface area (Å²) in [7, 11) is 0. The number of carbonyl (C=O) groups is 1. The minimum Gasteiger partial charge on any atom is -0.332 e. The second-order valence-electron chi connectivity index (χ2n) is 5.49. The van der Waals surface area contributed by atoms with Crippen LogP contribution in [0.5, 0.6) is 0 Å². The number of amides is 2. The van der Waals surface area contributed by atoms with Crippen LogP contribution in [-0.2, 0) is 6.42 Å². The molecule has 5 heteroatoms. The van der Waals surface area contributed by atoms with Gasteiger partial charge in [0.2, 0.25) is 0 Å². The van der Waals surface area contributed by atoms with Crippen LogP contribution >= 0.6 is 23.4 Å². The highest BCUT2D eigenvalue weighted by Gasteiger charge is 2.42. The Morgan fingerprint density at radius 2 is 2.00 bits per heavy atom. The number of fused-ring (bicyclic) bond motifs is 1. The number of urea groups is 1. The highest BCUT2D eigenvalue weighted by molar-refractivity contribution is 8.00. The zero-order valence-electron chi connectivity index (χ0n) is 11.3. The standard InChI is InChI=1S/C15H19ClN2OS/c16-11-7-5-10(6-8-11)3-1-2-4-13-14-12(9-20-13)17-15(19)18-14/h5-8,12-14H,1-4,9H2,(H2,17,18,19)/t12-,13-,14-/m0/s1. The molecule has 0 saturated carbocycles. The fourth-order valence-electron chi connectivity index (χ4n) is 2.97. The lowest BCUT2D eigenvalue weighted by molar-refractivity contribution is 0.247. The van der Waals surface area contributed by atoms with Gasteiger partial charge in [0.05, 0.1) is 12.1 Å². The molecule has 2 heterocycles. The summed E-state index contributed by atoms with van der Waals surface area (Å²) >= 11 is 7.87. The number of unbranched alkanes of at least 4 members (excludes halogenated alkanes) is 1. The molecule has 0 aromatic heterocycles. The van der Waals surface area contributed by atoms with Gasteiger partial charge in [-0.1, -0.05) is 30.2 Å². The predicted octanol–water partition coefficient (Wildman–Crippen LogP) is 3.22. The molecule has 2 amide bonds. The number of carbonyl (C=O) groups excluding carboxylic acids is 1. The van der Waals surface area contributed by atoms with Crippen molar-refractivity contribution in [2.75, 3.05) is 5.75 Å². The fourth-order valence-corrected chi connectivity index (χ4v) is 4.64. The lowest BCUT2D eigenvalue weighted by Crippen LogP contribution is -2.36. The van der Waals surface area contributed by atoms with Crippen LogP contribution in [-0.4, -0.2) is 29.1 Å². The Bertz CT molecular complexity index is 479. The van der Waals surface area contributed by atoms with Crippen LogP contribution in [0.4, 0.5) is 4.79 Å². The second-order valence-corrected chi connectivity index (χ2v) is 7.20. The van der Waals surface area contributed by atoms with E-state index >= 15 is 0 Å². The molecule has 1 aromatic rings. The quantitative estimate of drug-likeness (QED) is 0.647. The predicted molar refractivity (Wildman–Crippen MR) is 84.5 cm³/mol. The number of halogens is 1. The number of benzene rings is 1. The minimum atomic E-state index is 0.00599. The number of thioether (sulfide) groups is 1. The van der Waals surface area contributed by atoms with Crippen molar-refractivity contribution in [3.63, 3.8) is 0 Å². The van der Waals surface area contributed by atoms with Gasteiger partial charge in [0, 0.05) is 16.0 Å². The van der Waals surface area contributed by atoms with Crippen LogP contribution in [0, 0.1) is 0 Å². The summed E-state index contributed by atoms with van der Waals surface area (Å²) in [6.07, 6.45) is 4.69. The second kappa shape index (κ2) is 6.27. The topological polar surface area (TPSA) is 41.1 Å². The molecule has 0 aliphatic carbocycles. The van der Waals surface area contributed by atoms with Crippen molar-refractivity contribution in [1.82, 2.24) is 10.6 Å². The van der Waals surface area contributed by atoms with E-state index in [2.05, 4.69) is 22.8 Å². The van der Waals surface area contributed by atoms with Gasteiger partial charge >= 0.3 is 6.03 Å². The van der Waals surface area contributed by atoms with E-state index in [4.69, 9.17) is 11.6 Å². The summed E-state index contributed by atoms with van der Waals surface area (Å²) in [4.78, 5) is 11.3. The zero-order valence-corrected chi connectivity index (χ0v) is 12.8. The maximum Gasteiger partial charge on any atom is 0.315 e. The lowest BCUT2D eigenvalue weighted by atomic mass is 10.0. The van der Waals surface area contributed by atoms with Gasteiger partial charge in [-0.2, -0.15) is 11.8 Å². The van der Waals surface area contributed by atoms with Crippen LogP contribution in [0.2, 0.25) is 5.02 Å². The van der Waals surface area contributed by atoms with Gasteiger partial charge in [-0.15, -0.1) is 0 Å². The third-order valence-corrected chi connectivity index (χ3v) is 5.82. The van der Waals surface area contributed by atoms with Crippen molar-refractivity contribution in [3.05, 3.63) is 34.9 Å². The molecule has 20 heavy (non-hydrogen) atoms. The molecular weight excluding hydrogens is 292 g/mol. The first-order valence-electron chi connectivity index (χ1n) is 7.15. The van der Waals surface area contributed by atoms with Crippen molar-refractivity contribution in [2.45, 2.75) is 43.0 Å². The molecule has 2 aliphatic heterocycles. The lowest BCUT2D eigenvalue weighted by Gasteiger charge is -2.16. The molecular formula is C15H19ClN2OS. The van der Waals surface area contributed by atoms with Crippen LogP contribution in [0.25, 0.3) is 0 Å². The summed E-state index contributed by atoms with van der Waals surface area (Å²) in [6, 6.07) is 8.79. The highest BCUT2D eigenvalue weighted by Crippen LogP contribution is 2.33. The monoisotopic (exact) mass is 310 g/mol. The number of aryl methyl sites for hydroxylation is 1. The Kier molecular flexibility index (Phi) is 4.41. The molecule has 0 unspecified atom stereocenters. The summed E-state index contributed by atoms with van der Waals surface area (Å²) in [5.41, 5.74) is 1.35. The molecule has 3 rings (SSSR count). The Morgan fingerprint density at radius 3 is 2.80 bits per heavy atom. The molecule has 3 nitrogen and oxygen atoms in total. The van der Waals surface area contributed by atoms with Gasteiger partial charge in [-0.25, -0.2) is 4.79 Å². The Balaban J connectivity index is 1.40. The van der Waals surface area contributed by atoms with Crippen LogP contribution in [0.1, 0.15) is 24.8 Å². The van der Waals surface area contributed by atoms with Crippen LogP contribution in [0.3, 0.4) is 0 Å². The van der Waals surface area contributed by atoms with E-state index in [-0.39, 0.29) is 6.03 Å². The van der Waals surface area contributed by atoms with Crippen molar-refractivity contribution < 1.29 is 4.79 Å². The normalized spacial score (nSPS) is 28.1. The number of nitrogens with one attached hydrogen (secondary N) is 2. The number of rotatable bonds is 5. The highest BCUT2D eigenvalue weighted by atomic mass is 35.5.